The van der Waals surface area contributed by atoms with Crippen LogP contribution in [0.3, 0.4) is 0 Å². The molecular formula is C26H31Cl2N5O6S. The number of hydroxylamine groups is 1. The summed E-state index contributed by atoms with van der Waals surface area (Å²) in [5.41, 5.74) is 9.43. The average molecular weight is 613 g/mol. The maximum Gasteiger partial charge on any atom is 0.255 e. The van der Waals surface area contributed by atoms with E-state index in [1.54, 1.807) is 41.3 Å². The van der Waals surface area contributed by atoms with Crippen molar-refractivity contribution in [2.45, 2.75) is 55.8 Å². The Hall–Kier alpha value is -2.74. The number of hydrogen-bond acceptors (Lipinski definition) is 8. The van der Waals surface area contributed by atoms with Crippen molar-refractivity contribution < 1.29 is 28.1 Å². The van der Waals surface area contributed by atoms with Gasteiger partial charge < -0.3 is 15.8 Å². The van der Waals surface area contributed by atoms with Crippen molar-refractivity contribution in [1.29, 1.82) is 0 Å². The topological polar surface area (TPSA) is 163 Å². The fraction of sp³-hybridized carbons (Fsp3) is 0.423. The molecule has 1 saturated carbocycles. The van der Waals surface area contributed by atoms with E-state index in [-0.39, 0.29) is 17.5 Å². The third-order valence-electron chi connectivity index (χ3n) is 7.10. The van der Waals surface area contributed by atoms with Gasteiger partial charge in [-0.1, -0.05) is 60.3 Å². The number of sulfonamides is 1. The summed E-state index contributed by atoms with van der Waals surface area (Å²) in [7, 11) is -3.60. The SMILES string of the molecule is CS(=O)(=O)N[C@H]1CCCCC1N1C(=O)c2ccccc2[C@@H](C(=O)NOCC(N)C=NO)[C@@H]1c1ccc(Cl)cc1Cl. The summed E-state index contributed by atoms with van der Waals surface area (Å²) in [6.45, 7) is -0.178. The smallest absolute Gasteiger partial charge is 0.255 e. The van der Waals surface area contributed by atoms with Gasteiger partial charge in [0.25, 0.3) is 11.8 Å². The van der Waals surface area contributed by atoms with Crippen LogP contribution in [0.4, 0.5) is 0 Å². The number of carbonyl (C=O) groups excluding carboxylic acids is 2. The maximum absolute atomic E-state index is 14.2. The fourth-order valence-corrected chi connectivity index (χ4v) is 6.87. The first-order valence-corrected chi connectivity index (χ1v) is 15.3. The fourth-order valence-electron chi connectivity index (χ4n) is 5.53. The Kier molecular flexibility index (Phi) is 9.70. The molecule has 2 amide bonds. The van der Waals surface area contributed by atoms with E-state index in [0.29, 0.717) is 34.6 Å². The van der Waals surface area contributed by atoms with Crippen molar-refractivity contribution in [1.82, 2.24) is 15.1 Å². The number of carbonyl (C=O) groups is 2. The summed E-state index contributed by atoms with van der Waals surface area (Å²) in [5, 5.41) is 12.2. The Balaban J connectivity index is 1.84. The quantitative estimate of drug-likeness (QED) is 0.192. The Morgan fingerprint density at radius 2 is 1.95 bits per heavy atom. The predicted molar refractivity (Wildman–Crippen MR) is 151 cm³/mol. The molecule has 2 unspecified atom stereocenters. The molecule has 0 spiro atoms. The van der Waals surface area contributed by atoms with E-state index in [1.165, 1.54) is 6.07 Å². The highest BCUT2D eigenvalue weighted by molar-refractivity contribution is 7.88. The summed E-state index contributed by atoms with van der Waals surface area (Å²) >= 11 is 12.9. The monoisotopic (exact) mass is 611 g/mol. The van der Waals surface area contributed by atoms with Gasteiger partial charge in [-0.25, -0.2) is 18.6 Å². The molecule has 1 fully saturated rings. The lowest BCUT2D eigenvalue weighted by Crippen LogP contribution is -2.59. The third-order valence-corrected chi connectivity index (χ3v) is 8.39. The highest BCUT2D eigenvalue weighted by atomic mass is 35.5. The molecule has 5 N–H and O–H groups in total. The summed E-state index contributed by atoms with van der Waals surface area (Å²) in [6.07, 6.45) is 4.72. The number of benzene rings is 2. The van der Waals surface area contributed by atoms with Crippen molar-refractivity contribution in [3.8, 4) is 0 Å². The second kappa shape index (κ2) is 12.8. The second-order valence-electron chi connectivity index (χ2n) is 9.94. The molecule has 4 rings (SSSR count). The average Bonchev–Trinajstić information content (AvgIpc) is 2.88. The molecule has 1 aliphatic carbocycles. The maximum atomic E-state index is 14.2. The standard InChI is InChI=1S/C26H31Cl2N5O6S/c1-40(37,38)32-21-8-4-5-9-22(21)33-24(19-11-10-15(27)12-20(19)28)23(17-6-2-3-7-18(17)26(33)35)25(34)31-39-14-16(29)13-30-36/h2-3,6-7,10-13,16,21-24,32,36H,4-5,8-9,14,29H2,1H3,(H,31,34)/t16?,21-,22?,23+,24-/m0/s1. The van der Waals surface area contributed by atoms with Crippen LogP contribution in [0.5, 0.6) is 0 Å². The van der Waals surface area contributed by atoms with Crippen LogP contribution in [-0.4, -0.2) is 67.5 Å². The number of halogens is 2. The minimum Gasteiger partial charge on any atom is -0.411 e. The van der Waals surface area contributed by atoms with Gasteiger partial charge in [0.05, 0.1) is 37.1 Å². The van der Waals surface area contributed by atoms with Crippen LogP contribution < -0.4 is 15.9 Å². The van der Waals surface area contributed by atoms with Crippen LogP contribution in [0.1, 0.15) is 59.1 Å². The van der Waals surface area contributed by atoms with Gasteiger partial charge in [-0.05, 0) is 42.2 Å². The van der Waals surface area contributed by atoms with Crippen molar-refractivity contribution in [3.05, 3.63) is 69.2 Å². The van der Waals surface area contributed by atoms with Crippen molar-refractivity contribution in [2.75, 3.05) is 12.9 Å². The van der Waals surface area contributed by atoms with E-state index in [2.05, 4.69) is 15.4 Å². The van der Waals surface area contributed by atoms with Crippen LogP contribution in [0.25, 0.3) is 0 Å². The largest absolute Gasteiger partial charge is 0.411 e. The van der Waals surface area contributed by atoms with Gasteiger partial charge in [-0.3, -0.25) is 14.4 Å². The molecule has 1 aliphatic heterocycles. The summed E-state index contributed by atoms with van der Waals surface area (Å²) < 4.78 is 27.3. The van der Waals surface area contributed by atoms with E-state index >= 15 is 0 Å². The number of nitrogens with zero attached hydrogens (tertiary/aromatic N) is 2. The van der Waals surface area contributed by atoms with Crippen LogP contribution in [0, 0.1) is 0 Å². The first-order chi connectivity index (χ1) is 19.0. The highest BCUT2D eigenvalue weighted by Crippen LogP contribution is 2.47. The van der Waals surface area contributed by atoms with Crippen LogP contribution in [0.15, 0.2) is 47.6 Å². The predicted octanol–water partition coefficient (Wildman–Crippen LogP) is 2.97. The lowest BCUT2D eigenvalue weighted by atomic mass is 9.76. The van der Waals surface area contributed by atoms with Crippen molar-refractivity contribution >= 4 is 51.3 Å². The molecular weight excluding hydrogens is 581 g/mol. The molecule has 2 aromatic carbocycles. The van der Waals surface area contributed by atoms with Gasteiger partial charge >= 0.3 is 0 Å². The van der Waals surface area contributed by atoms with E-state index in [9.17, 15) is 18.0 Å². The second-order valence-corrected chi connectivity index (χ2v) is 12.6. The number of hydrogen-bond donors (Lipinski definition) is 4. The van der Waals surface area contributed by atoms with Gasteiger partial charge in [0.15, 0.2) is 0 Å². The van der Waals surface area contributed by atoms with Gasteiger partial charge in [0.1, 0.15) is 0 Å². The van der Waals surface area contributed by atoms with Crippen molar-refractivity contribution in [3.63, 3.8) is 0 Å². The van der Waals surface area contributed by atoms with Gasteiger partial charge in [0.2, 0.25) is 10.0 Å². The minimum atomic E-state index is -3.60. The minimum absolute atomic E-state index is 0.178. The number of amides is 2. The molecule has 216 valence electrons. The zero-order valence-corrected chi connectivity index (χ0v) is 24.0. The molecule has 0 aromatic heterocycles. The van der Waals surface area contributed by atoms with E-state index in [1.807, 2.05) is 0 Å². The summed E-state index contributed by atoms with van der Waals surface area (Å²) in [5.74, 6) is -1.90. The molecule has 11 nitrogen and oxygen atoms in total. The van der Waals surface area contributed by atoms with E-state index in [0.717, 1.165) is 25.3 Å². The van der Waals surface area contributed by atoms with Crippen LogP contribution >= 0.6 is 23.2 Å². The lowest BCUT2D eigenvalue weighted by molar-refractivity contribution is -0.137. The highest BCUT2D eigenvalue weighted by Gasteiger charge is 2.49. The van der Waals surface area contributed by atoms with Crippen molar-refractivity contribution in [2.24, 2.45) is 10.9 Å². The zero-order chi connectivity index (χ0) is 29.0. The molecule has 2 aliphatic rings. The van der Waals surface area contributed by atoms with Gasteiger partial charge in [0, 0.05) is 27.7 Å². The summed E-state index contributed by atoms with van der Waals surface area (Å²) in [6, 6.07) is 8.76. The van der Waals surface area contributed by atoms with E-state index in [4.69, 9.17) is 39.0 Å². The first-order valence-electron chi connectivity index (χ1n) is 12.7. The molecule has 0 saturated heterocycles. The van der Waals surface area contributed by atoms with E-state index < -0.39 is 46.0 Å². The number of nitrogens with one attached hydrogen (secondary N) is 2. The van der Waals surface area contributed by atoms with Crippen LogP contribution in [-0.2, 0) is 19.7 Å². The lowest BCUT2D eigenvalue weighted by Gasteiger charge is -2.49. The van der Waals surface area contributed by atoms with Gasteiger partial charge in [-0.15, -0.1) is 5.16 Å². The first kappa shape index (κ1) is 30.2. The van der Waals surface area contributed by atoms with Crippen LogP contribution in [0.2, 0.25) is 10.0 Å². The molecule has 14 heteroatoms. The number of nitrogens with two attached hydrogens (primary N) is 1. The molecule has 40 heavy (non-hydrogen) atoms. The Morgan fingerprint density at radius 1 is 1.23 bits per heavy atom. The third kappa shape index (κ3) is 6.76. The Morgan fingerprint density at radius 3 is 2.65 bits per heavy atom. The molecule has 2 aromatic rings. The number of fused-ring (bicyclic) bond motifs is 1. The molecule has 0 bridgehead atoms. The molecule has 5 atom stereocenters. The zero-order valence-electron chi connectivity index (χ0n) is 21.7. The molecule has 1 heterocycles. The molecule has 0 radical (unpaired) electrons. The van der Waals surface area contributed by atoms with Gasteiger partial charge in [-0.2, -0.15) is 0 Å². The Labute approximate surface area is 242 Å². The number of oxime groups is 1. The number of rotatable bonds is 9. The normalized spacial score (nSPS) is 24.1. The summed E-state index contributed by atoms with van der Waals surface area (Å²) in [4.78, 5) is 34.9. The Bertz CT molecular complexity index is 1390.